The molecule has 142 valence electrons. The van der Waals surface area contributed by atoms with E-state index in [1.807, 2.05) is 17.8 Å². The van der Waals surface area contributed by atoms with Gasteiger partial charge in [-0.15, -0.1) is 0 Å². The van der Waals surface area contributed by atoms with Crippen LogP contribution in [0.25, 0.3) is 0 Å². The molecule has 1 saturated heterocycles. The fraction of sp³-hybridized carbons (Fsp3) is 0.409. The van der Waals surface area contributed by atoms with Gasteiger partial charge in [-0.25, -0.2) is 0 Å². The van der Waals surface area contributed by atoms with Crippen LogP contribution >= 0.6 is 24.0 Å². The van der Waals surface area contributed by atoms with E-state index in [2.05, 4.69) is 60.0 Å². The largest absolute Gasteiger partial charge is 0.389 e. The Labute approximate surface area is 171 Å². The predicted molar refractivity (Wildman–Crippen MR) is 119 cm³/mol. The standard InChI is InChI=1S/C22H27N3S2/c1-15-6-5-11-24(13-15)14-16(2)25-18-7-3-4-8-20(18)27-21-10-9-17(22(23)26)12-19(21)25/h3-4,7-10,12,15-16H,5-6,11,13-14H2,1-2H3,(H2,23,26). The molecule has 0 spiro atoms. The summed E-state index contributed by atoms with van der Waals surface area (Å²) in [6, 6.07) is 15.4. The van der Waals surface area contributed by atoms with Crippen LogP contribution in [0.4, 0.5) is 11.4 Å². The van der Waals surface area contributed by atoms with Gasteiger partial charge in [-0.3, -0.25) is 0 Å². The Bertz CT molecular complexity index is 851. The van der Waals surface area contributed by atoms with Crippen molar-refractivity contribution in [3.63, 3.8) is 0 Å². The highest BCUT2D eigenvalue weighted by molar-refractivity contribution is 7.99. The Morgan fingerprint density at radius 3 is 2.78 bits per heavy atom. The van der Waals surface area contributed by atoms with Gasteiger partial charge in [-0.2, -0.15) is 0 Å². The first-order valence-corrected chi connectivity index (χ1v) is 11.0. The molecule has 4 rings (SSSR count). The molecule has 2 aromatic rings. The number of piperidine rings is 1. The van der Waals surface area contributed by atoms with Gasteiger partial charge in [-0.1, -0.05) is 49.1 Å². The van der Waals surface area contributed by atoms with Crippen LogP contribution < -0.4 is 10.6 Å². The summed E-state index contributed by atoms with van der Waals surface area (Å²) in [6.45, 7) is 8.18. The van der Waals surface area contributed by atoms with Gasteiger partial charge >= 0.3 is 0 Å². The normalized spacial score (nSPS) is 20.7. The zero-order valence-electron chi connectivity index (χ0n) is 16.0. The monoisotopic (exact) mass is 397 g/mol. The third-order valence-electron chi connectivity index (χ3n) is 5.55. The maximum atomic E-state index is 5.93. The topological polar surface area (TPSA) is 32.5 Å². The molecule has 2 atom stereocenters. The number of nitrogens with zero attached hydrogens (tertiary/aromatic N) is 2. The number of benzene rings is 2. The van der Waals surface area contributed by atoms with Crippen LogP contribution in [0.1, 0.15) is 32.3 Å². The van der Waals surface area contributed by atoms with Crippen molar-refractivity contribution in [2.75, 3.05) is 24.5 Å². The van der Waals surface area contributed by atoms with Gasteiger partial charge in [0.2, 0.25) is 0 Å². The molecule has 0 bridgehead atoms. The maximum Gasteiger partial charge on any atom is 0.104 e. The van der Waals surface area contributed by atoms with Crippen LogP contribution in [0, 0.1) is 5.92 Å². The average molecular weight is 398 g/mol. The van der Waals surface area contributed by atoms with E-state index < -0.39 is 0 Å². The van der Waals surface area contributed by atoms with Crippen molar-refractivity contribution in [2.24, 2.45) is 11.7 Å². The molecule has 2 aromatic carbocycles. The molecular formula is C22H27N3S2. The Hall–Kier alpha value is -1.56. The van der Waals surface area contributed by atoms with Crippen molar-refractivity contribution < 1.29 is 0 Å². The Balaban J connectivity index is 1.69. The van der Waals surface area contributed by atoms with Crippen LogP contribution in [0.15, 0.2) is 52.3 Å². The van der Waals surface area contributed by atoms with Gasteiger partial charge in [0.25, 0.3) is 0 Å². The molecule has 2 N–H and O–H groups in total. The lowest BCUT2D eigenvalue weighted by Gasteiger charge is -2.41. The van der Waals surface area contributed by atoms with E-state index >= 15 is 0 Å². The van der Waals surface area contributed by atoms with Crippen LogP contribution in [0.3, 0.4) is 0 Å². The Morgan fingerprint density at radius 2 is 2.00 bits per heavy atom. The van der Waals surface area contributed by atoms with Crippen molar-refractivity contribution in [3.05, 3.63) is 48.0 Å². The first-order chi connectivity index (χ1) is 13.0. The number of likely N-dealkylation sites (tertiary alicyclic amines) is 1. The smallest absolute Gasteiger partial charge is 0.104 e. The molecule has 2 unspecified atom stereocenters. The van der Waals surface area contributed by atoms with Crippen LogP contribution in [-0.4, -0.2) is 35.6 Å². The Morgan fingerprint density at radius 1 is 1.22 bits per heavy atom. The van der Waals surface area contributed by atoms with E-state index in [0.29, 0.717) is 11.0 Å². The molecule has 5 heteroatoms. The van der Waals surface area contributed by atoms with E-state index in [1.54, 1.807) is 0 Å². The fourth-order valence-corrected chi connectivity index (χ4v) is 5.50. The summed E-state index contributed by atoms with van der Waals surface area (Å²) in [6.07, 6.45) is 2.66. The summed E-state index contributed by atoms with van der Waals surface area (Å²) < 4.78 is 0. The number of rotatable bonds is 4. The summed E-state index contributed by atoms with van der Waals surface area (Å²) in [5, 5.41) is 0. The number of hydrogen-bond acceptors (Lipinski definition) is 4. The second-order valence-electron chi connectivity index (χ2n) is 7.84. The van der Waals surface area contributed by atoms with E-state index in [0.717, 1.165) is 18.0 Å². The Kier molecular flexibility index (Phi) is 5.44. The van der Waals surface area contributed by atoms with Gasteiger partial charge in [0.05, 0.1) is 11.4 Å². The van der Waals surface area contributed by atoms with Crippen molar-refractivity contribution in [2.45, 2.75) is 42.5 Å². The number of anilines is 2. The summed E-state index contributed by atoms with van der Waals surface area (Å²) >= 11 is 7.07. The van der Waals surface area contributed by atoms with Gasteiger partial charge in [0.1, 0.15) is 4.99 Å². The number of fused-ring (bicyclic) bond motifs is 2. The molecule has 2 heterocycles. The first-order valence-electron chi connectivity index (χ1n) is 9.75. The van der Waals surface area contributed by atoms with Gasteiger partial charge < -0.3 is 15.5 Å². The van der Waals surface area contributed by atoms with Gasteiger partial charge in [0, 0.05) is 34.5 Å². The number of para-hydroxylation sites is 1. The highest BCUT2D eigenvalue weighted by Crippen LogP contribution is 2.49. The minimum Gasteiger partial charge on any atom is -0.389 e. The zero-order chi connectivity index (χ0) is 19.0. The van der Waals surface area contributed by atoms with Crippen LogP contribution in [-0.2, 0) is 0 Å². The third-order valence-corrected chi connectivity index (χ3v) is 6.92. The molecule has 0 amide bonds. The van der Waals surface area contributed by atoms with E-state index in [9.17, 15) is 0 Å². The molecule has 0 saturated carbocycles. The molecular weight excluding hydrogens is 370 g/mol. The summed E-state index contributed by atoms with van der Waals surface area (Å²) in [5.41, 5.74) is 9.37. The number of thiocarbonyl (C=S) groups is 1. The highest BCUT2D eigenvalue weighted by atomic mass is 32.2. The quantitative estimate of drug-likeness (QED) is 0.731. The molecule has 0 aliphatic carbocycles. The van der Waals surface area contributed by atoms with Crippen LogP contribution in [0.2, 0.25) is 0 Å². The lowest BCUT2D eigenvalue weighted by atomic mass is 9.99. The minimum absolute atomic E-state index is 0.373. The molecule has 1 fully saturated rings. The van der Waals surface area contributed by atoms with Crippen molar-refractivity contribution in [1.29, 1.82) is 0 Å². The lowest BCUT2D eigenvalue weighted by Crippen LogP contribution is -2.44. The van der Waals surface area contributed by atoms with E-state index in [1.165, 1.54) is 47.1 Å². The average Bonchev–Trinajstić information content (AvgIpc) is 2.65. The molecule has 2 aliphatic rings. The second kappa shape index (κ2) is 7.82. The van der Waals surface area contributed by atoms with Gasteiger partial charge in [-0.05, 0) is 56.5 Å². The summed E-state index contributed by atoms with van der Waals surface area (Å²) in [5.74, 6) is 0.795. The fourth-order valence-electron chi connectivity index (χ4n) is 4.32. The van der Waals surface area contributed by atoms with E-state index in [-0.39, 0.29) is 0 Å². The SMILES string of the molecule is CC1CCCN(CC(C)N2c3ccccc3Sc3ccc(C(N)=S)cc32)C1. The zero-order valence-corrected chi connectivity index (χ0v) is 17.7. The lowest BCUT2D eigenvalue weighted by molar-refractivity contribution is 0.177. The van der Waals surface area contributed by atoms with Crippen molar-refractivity contribution in [1.82, 2.24) is 4.90 Å². The number of hydrogen-bond donors (Lipinski definition) is 1. The van der Waals surface area contributed by atoms with Crippen LogP contribution in [0.5, 0.6) is 0 Å². The first kappa shape index (κ1) is 18.8. The second-order valence-corrected chi connectivity index (χ2v) is 9.37. The van der Waals surface area contributed by atoms with Crippen molar-refractivity contribution >= 4 is 40.3 Å². The third kappa shape index (κ3) is 3.86. The maximum absolute atomic E-state index is 5.93. The van der Waals surface area contributed by atoms with Gasteiger partial charge in [0.15, 0.2) is 0 Å². The molecule has 0 radical (unpaired) electrons. The molecule has 0 aromatic heterocycles. The minimum atomic E-state index is 0.373. The summed E-state index contributed by atoms with van der Waals surface area (Å²) in [7, 11) is 0. The number of nitrogens with two attached hydrogens (primary N) is 1. The molecule has 3 nitrogen and oxygen atoms in total. The molecule has 2 aliphatic heterocycles. The predicted octanol–water partition coefficient (Wildman–Crippen LogP) is 5.04. The van der Waals surface area contributed by atoms with E-state index in [4.69, 9.17) is 18.0 Å². The molecule has 27 heavy (non-hydrogen) atoms. The highest BCUT2D eigenvalue weighted by Gasteiger charge is 2.29. The summed E-state index contributed by atoms with van der Waals surface area (Å²) in [4.78, 5) is 8.15. The van der Waals surface area contributed by atoms with Crippen molar-refractivity contribution in [3.8, 4) is 0 Å².